The minimum atomic E-state index is -3.57. The van der Waals surface area contributed by atoms with E-state index in [4.69, 9.17) is 5.73 Å². The molecule has 0 bridgehead atoms. The van der Waals surface area contributed by atoms with Crippen molar-refractivity contribution >= 4 is 27.3 Å². The Balaban J connectivity index is 2.96. The van der Waals surface area contributed by atoms with Gasteiger partial charge in [0, 0.05) is 26.3 Å². The summed E-state index contributed by atoms with van der Waals surface area (Å²) in [7, 11) is 1.18. The van der Waals surface area contributed by atoms with Crippen LogP contribution in [0.15, 0.2) is 23.1 Å². The number of nitrogens with two attached hydrogens (primary N) is 1. The van der Waals surface area contributed by atoms with Crippen molar-refractivity contribution < 1.29 is 13.2 Å². The second-order valence-electron chi connectivity index (χ2n) is 4.83. The van der Waals surface area contributed by atoms with Crippen LogP contribution in [0.3, 0.4) is 0 Å². The lowest BCUT2D eigenvalue weighted by Crippen LogP contribution is -2.34. The number of nitrogen functional groups attached to an aromatic ring is 1. The van der Waals surface area contributed by atoms with E-state index >= 15 is 0 Å². The van der Waals surface area contributed by atoms with Gasteiger partial charge < -0.3 is 16.0 Å². The molecule has 118 valence electrons. The molecule has 1 amide bonds. The molecule has 21 heavy (non-hydrogen) atoms. The monoisotopic (exact) mass is 314 g/mol. The van der Waals surface area contributed by atoms with E-state index in [1.807, 2.05) is 18.9 Å². The zero-order chi connectivity index (χ0) is 16.2. The molecule has 0 heterocycles. The molecule has 1 rings (SSSR count). The molecule has 0 aliphatic carbocycles. The summed E-state index contributed by atoms with van der Waals surface area (Å²) in [5, 5.41) is 2.59. The van der Waals surface area contributed by atoms with Crippen LogP contribution in [0.4, 0.5) is 11.4 Å². The van der Waals surface area contributed by atoms with Crippen molar-refractivity contribution in [2.45, 2.75) is 11.8 Å². The predicted octanol–water partition coefficient (Wildman–Crippen LogP) is -0.00480. The molecule has 0 radical (unpaired) electrons. The van der Waals surface area contributed by atoms with Crippen molar-refractivity contribution in [2.75, 3.05) is 38.3 Å². The van der Waals surface area contributed by atoms with Gasteiger partial charge in [0.25, 0.3) is 0 Å². The molecule has 0 fully saturated rings. The molecule has 0 aliphatic heterocycles. The van der Waals surface area contributed by atoms with Crippen LogP contribution in [0.5, 0.6) is 0 Å². The minimum absolute atomic E-state index is 0.0431. The summed E-state index contributed by atoms with van der Waals surface area (Å²) in [6.07, 6.45) is 0. The zero-order valence-electron chi connectivity index (χ0n) is 12.7. The highest BCUT2D eigenvalue weighted by atomic mass is 32.2. The van der Waals surface area contributed by atoms with Crippen LogP contribution in [0.25, 0.3) is 0 Å². The minimum Gasteiger partial charge on any atom is -0.398 e. The quantitative estimate of drug-likeness (QED) is 0.641. The Hall–Kier alpha value is -1.80. The molecule has 1 aromatic rings. The fourth-order valence-corrected chi connectivity index (χ4v) is 2.81. The molecule has 0 aliphatic rings. The number of hydrogen-bond acceptors (Lipinski definition) is 5. The second-order valence-corrected chi connectivity index (χ2v) is 6.68. The van der Waals surface area contributed by atoms with Gasteiger partial charge in [0.05, 0.1) is 11.6 Å². The van der Waals surface area contributed by atoms with Gasteiger partial charge in [0.1, 0.15) is 4.90 Å². The summed E-state index contributed by atoms with van der Waals surface area (Å²) in [5.74, 6) is -0.244. The van der Waals surface area contributed by atoms with Gasteiger partial charge in [-0.15, -0.1) is 0 Å². The average Bonchev–Trinajstić information content (AvgIpc) is 2.45. The molecular formula is C13H22N4O3S. The number of hydrogen-bond donors (Lipinski definition) is 3. The van der Waals surface area contributed by atoms with Crippen molar-refractivity contribution in [3.63, 3.8) is 0 Å². The van der Waals surface area contributed by atoms with E-state index in [-0.39, 0.29) is 22.4 Å². The summed E-state index contributed by atoms with van der Waals surface area (Å²) < 4.78 is 25.7. The number of anilines is 2. The van der Waals surface area contributed by atoms with Crippen LogP contribution in [0.2, 0.25) is 0 Å². The molecule has 1 atom stereocenters. The van der Waals surface area contributed by atoms with Crippen LogP contribution in [0.1, 0.15) is 6.92 Å². The Bertz CT molecular complexity index is 616. The molecule has 1 aromatic carbocycles. The van der Waals surface area contributed by atoms with Crippen LogP contribution in [-0.2, 0) is 14.8 Å². The number of amides is 1. The number of carbonyl (C=O) groups excluding carboxylic acids is 1. The molecule has 0 saturated heterocycles. The van der Waals surface area contributed by atoms with E-state index in [0.29, 0.717) is 6.54 Å². The van der Waals surface area contributed by atoms with Crippen molar-refractivity contribution in [3.8, 4) is 0 Å². The molecular weight excluding hydrogens is 292 g/mol. The van der Waals surface area contributed by atoms with Gasteiger partial charge in [0.15, 0.2) is 0 Å². The summed E-state index contributed by atoms with van der Waals surface area (Å²) >= 11 is 0. The third-order valence-corrected chi connectivity index (χ3v) is 4.72. The van der Waals surface area contributed by atoms with Crippen molar-refractivity contribution in [1.82, 2.24) is 10.0 Å². The van der Waals surface area contributed by atoms with E-state index in [2.05, 4.69) is 10.0 Å². The Morgan fingerprint density at radius 2 is 2.00 bits per heavy atom. The number of rotatable bonds is 6. The number of nitrogens with one attached hydrogen (secondary N) is 2. The van der Waals surface area contributed by atoms with Gasteiger partial charge >= 0.3 is 0 Å². The average molecular weight is 314 g/mol. The van der Waals surface area contributed by atoms with Crippen molar-refractivity contribution in [3.05, 3.63) is 18.2 Å². The molecule has 8 heteroatoms. The Morgan fingerprint density at radius 3 is 2.48 bits per heavy atom. The molecule has 7 nitrogen and oxygen atoms in total. The summed E-state index contributed by atoms with van der Waals surface area (Å²) in [5.41, 5.74) is 6.73. The Labute approximate surface area is 125 Å². The normalized spacial score (nSPS) is 12.8. The van der Waals surface area contributed by atoms with Gasteiger partial charge in [-0.1, -0.05) is 6.92 Å². The van der Waals surface area contributed by atoms with E-state index in [1.165, 1.54) is 13.1 Å². The first-order valence-electron chi connectivity index (χ1n) is 6.48. The van der Waals surface area contributed by atoms with E-state index < -0.39 is 10.0 Å². The fraction of sp³-hybridized carbons (Fsp3) is 0.462. The highest BCUT2D eigenvalue weighted by Gasteiger charge is 2.18. The number of benzene rings is 1. The fourth-order valence-electron chi connectivity index (χ4n) is 1.97. The van der Waals surface area contributed by atoms with E-state index in [9.17, 15) is 13.2 Å². The highest BCUT2D eigenvalue weighted by molar-refractivity contribution is 7.89. The third kappa shape index (κ3) is 4.08. The second kappa shape index (κ2) is 6.77. The third-order valence-electron chi connectivity index (χ3n) is 3.23. The first kappa shape index (κ1) is 17.3. The van der Waals surface area contributed by atoms with Crippen molar-refractivity contribution in [1.29, 1.82) is 0 Å². The van der Waals surface area contributed by atoms with Gasteiger partial charge in [-0.25, -0.2) is 13.1 Å². The summed E-state index contributed by atoms with van der Waals surface area (Å²) in [4.78, 5) is 13.4. The largest absolute Gasteiger partial charge is 0.398 e. The van der Waals surface area contributed by atoms with E-state index in [1.54, 1.807) is 19.2 Å². The van der Waals surface area contributed by atoms with Gasteiger partial charge in [-0.3, -0.25) is 4.79 Å². The molecule has 4 N–H and O–H groups in total. The maximum absolute atomic E-state index is 11.8. The molecule has 0 aromatic heterocycles. The van der Waals surface area contributed by atoms with Gasteiger partial charge in [0.2, 0.25) is 15.9 Å². The lowest BCUT2D eigenvalue weighted by molar-refractivity contribution is -0.123. The van der Waals surface area contributed by atoms with E-state index in [0.717, 1.165) is 5.69 Å². The van der Waals surface area contributed by atoms with Crippen LogP contribution in [0, 0.1) is 5.92 Å². The smallest absolute Gasteiger partial charge is 0.242 e. The van der Waals surface area contributed by atoms with Crippen LogP contribution >= 0.6 is 0 Å². The van der Waals surface area contributed by atoms with Gasteiger partial charge in [-0.2, -0.15) is 0 Å². The SMILES string of the molecule is CNC(=O)C(C)CN(C)c1ccc(S(=O)(=O)NC)c(N)c1. The first-order valence-corrected chi connectivity index (χ1v) is 7.97. The summed E-state index contributed by atoms with van der Waals surface area (Å²) in [6, 6.07) is 4.70. The van der Waals surface area contributed by atoms with Crippen LogP contribution < -0.4 is 20.7 Å². The Morgan fingerprint density at radius 1 is 1.38 bits per heavy atom. The first-order chi connectivity index (χ1) is 9.72. The van der Waals surface area contributed by atoms with Gasteiger partial charge in [-0.05, 0) is 25.2 Å². The van der Waals surface area contributed by atoms with Crippen LogP contribution in [-0.4, -0.2) is 42.0 Å². The maximum Gasteiger partial charge on any atom is 0.242 e. The Kier molecular flexibility index (Phi) is 5.56. The topological polar surface area (TPSA) is 105 Å². The maximum atomic E-state index is 11.8. The standard InChI is InChI=1S/C13H22N4O3S/c1-9(13(18)15-2)8-17(4)10-5-6-12(11(14)7-10)21(19,20)16-3/h5-7,9,16H,8,14H2,1-4H3,(H,15,18). The number of sulfonamides is 1. The molecule has 0 saturated carbocycles. The lowest BCUT2D eigenvalue weighted by atomic mass is 10.1. The number of nitrogens with zero attached hydrogens (tertiary/aromatic N) is 1. The molecule has 1 unspecified atom stereocenters. The lowest BCUT2D eigenvalue weighted by Gasteiger charge is -2.23. The zero-order valence-corrected chi connectivity index (χ0v) is 13.5. The van der Waals surface area contributed by atoms with Crippen molar-refractivity contribution in [2.24, 2.45) is 5.92 Å². The highest BCUT2D eigenvalue weighted by Crippen LogP contribution is 2.24. The number of carbonyl (C=O) groups is 1. The predicted molar refractivity (Wildman–Crippen MR) is 83.6 cm³/mol. The molecule has 0 spiro atoms. The summed E-state index contributed by atoms with van der Waals surface area (Å²) in [6.45, 7) is 2.32.